The van der Waals surface area contributed by atoms with Crippen molar-refractivity contribution in [1.82, 2.24) is 16.0 Å². The summed E-state index contributed by atoms with van der Waals surface area (Å²) in [7, 11) is 0. The van der Waals surface area contributed by atoms with Crippen molar-refractivity contribution in [1.29, 1.82) is 0 Å². The number of halogens is 1. The highest BCUT2D eigenvalue weighted by atomic mass is 35.5. The third-order valence-corrected chi connectivity index (χ3v) is 3.91. The van der Waals surface area contributed by atoms with Crippen LogP contribution in [0.3, 0.4) is 0 Å². The van der Waals surface area contributed by atoms with Gasteiger partial charge in [-0.25, -0.2) is 0 Å². The highest BCUT2D eigenvalue weighted by Gasteiger charge is 2.22. The molecular weight excluding hydrogens is 302 g/mol. The van der Waals surface area contributed by atoms with Crippen molar-refractivity contribution in [3.05, 3.63) is 0 Å². The Bertz CT molecular complexity index is 321. The molecule has 0 saturated heterocycles. The van der Waals surface area contributed by atoms with Crippen LogP contribution >= 0.6 is 12.4 Å². The molecule has 1 aliphatic carbocycles. The van der Waals surface area contributed by atoms with E-state index in [-0.39, 0.29) is 36.2 Å². The Labute approximate surface area is 140 Å². The second-order valence-electron chi connectivity index (χ2n) is 6.05. The van der Waals surface area contributed by atoms with Gasteiger partial charge in [0.25, 0.3) is 0 Å². The van der Waals surface area contributed by atoms with E-state index in [1.807, 2.05) is 6.92 Å². The highest BCUT2D eigenvalue weighted by molar-refractivity contribution is 5.85. The summed E-state index contributed by atoms with van der Waals surface area (Å²) in [5, 5.41) is 9.08. The number of nitrogens with one attached hydrogen (secondary N) is 3. The summed E-state index contributed by atoms with van der Waals surface area (Å²) >= 11 is 0. The summed E-state index contributed by atoms with van der Waals surface area (Å²) in [6, 6.07) is -0.0944. The van der Waals surface area contributed by atoms with Gasteiger partial charge >= 0.3 is 0 Å². The fourth-order valence-electron chi connectivity index (χ4n) is 2.72. The van der Waals surface area contributed by atoms with Crippen LogP contribution < -0.4 is 16.0 Å². The van der Waals surface area contributed by atoms with Crippen molar-refractivity contribution in [3.8, 4) is 0 Å². The molecule has 2 amide bonds. The molecule has 0 aromatic rings. The third kappa shape index (κ3) is 9.26. The summed E-state index contributed by atoms with van der Waals surface area (Å²) in [4.78, 5) is 23.8. The topological polar surface area (TPSA) is 70.2 Å². The van der Waals surface area contributed by atoms with Crippen LogP contribution in [0.1, 0.15) is 58.8 Å². The van der Waals surface area contributed by atoms with Crippen molar-refractivity contribution < 1.29 is 9.59 Å². The van der Waals surface area contributed by atoms with Gasteiger partial charge in [0.2, 0.25) is 11.8 Å². The molecule has 0 heterocycles. The molecule has 1 aliphatic rings. The molecule has 0 aromatic carbocycles. The number of carbonyl (C=O) groups is 2. The minimum atomic E-state index is -0.0944. The monoisotopic (exact) mass is 333 g/mol. The van der Waals surface area contributed by atoms with E-state index in [0.717, 1.165) is 45.2 Å². The van der Waals surface area contributed by atoms with Gasteiger partial charge in [-0.1, -0.05) is 26.2 Å². The molecule has 130 valence electrons. The van der Waals surface area contributed by atoms with Gasteiger partial charge in [-0.2, -0.15) is 0 Å². The Morgan fingerprint density at radius 3 is 2.41 bits per heavy atom. The molecule has 3 N–H and O–H groups in total. The lowest BCUT2D eigenvalue weighted by molar-refractivity contribution is -0.127. The zero-order valence-corrected chi connectivity index (χ0v) is 14.8. The zero-order chi connectivity index (χ0) is 15.5. The molecule has 0 bridgehead atoms. The minimum Gasteiger partial charge on any atom is -0.355 e. The Kier molecular flexibility index (Phi) is 12.2. The molecule has 1 fully saturated rings. The lowest BCUT2D eigenvalue weighted by atomic mass is 9.88. The normalized spacial score (nSPS) is 16.5. The fraction of sp³-hybridized carbons (Fsp3) is 0.875. The number of carbonyl (C=O) groups excluding carboxylic acids is 2. The quantitative estimate of drug-likeness (QED) is 0.565. The lowest BCUT2D eigenvalue weighted by Gasteiger charge is -2.23. The smallest absolute Gasteiger partial charge is 0.223 e. The van der Waals surface area contributed by atoms with Crippen LogP contribution in [0.2, 0.25) is 0 Å². The van der Waals surface area contributed by atoms with Crippen molar-refractivity contribution in [3.63, 3.8) is 0 Å². The summed E-state index contributed by atoms with van der Waals surface area (Å²) in [5.41, 5.74) is 0. The predicted molar refractivity (Wildman–Crippen MR) is 92.2 cm³/mol. The number of hydrogen-bond acceptors (Lipinski definition) is 3. The van der Waals surface area contributed by atoms with Gasteiger partial charge in [0, 0.05) is 31.5 Å². The standard InChI is InChI=1S/C16H31N3O2.ClH/c1-3-9-17-10-11-18-15(20)12-13(2)19-16(21)14-7-5-4-6-8-14;/h13-14,17H,3-12H2,1-2H3,(H,18,20)(H,19,21);1H. The van der Waals surface area contributed by atoms with Crippen LogP contribution in [-0.2, 0) is 9.59 Å². The predicted octanol–water partition coefficient (Wildman–Crippen LogP) is 2.00. The molecular formula is C16H32ClN3O2. The molecule has 1 unspecified atom stereocenters. The first-order valence-corrected chi connectivity index (χ1v) is 8.41. The Hall–Kier alpha value is -0.810. The number of rotatable bonds is 9. The van der Waals surface area contributed by atoms with E-state index >= 15 is 0 Å². The summed E-state index contributed by atoms with van der Waals surface area (Å²) in [6.45, 7) is 6.42. The Morgan fingerprint density at radius 2 is 1.77 bits per heavy atom. The largest absolute Gasteiger partial charge is 0.355 e. The van der Waals surface area contributed by atoms with E-state index < -0.39 is 0 Å². The van der Waals surface area contributed by atoms with E-state index in [2.05, 4.69) is 22.9 Å². The third-order valence-electron chi connectivity index (χ3n) is 3.91. The second-order valence-corrected chi connectivity index (χ2v) is 6.05. The van der Waals surface area contributed by atoms with Crippen LogP contribution in [-0.4, -0.2) is 37.5 Å². The SMILES string of the molecule is CCCNCCNC(=O)CC(C)NC(=O)C1CCCCC1.Cl. The van der Waals surface area contributed by atoms with Gasteiger partial charge in [-0.15, -0.1) is 12.4 Å². The van der Waals surface area contributed by atoms with Crippen molar-refractivity contribution in [2.24, 2.45) is 5.92 Å². The van der Waals surface area contributed by atoms with Crippen LogP contribution in [0, 0.1) is 5.92 Å². The Balaban J connectivity index is 0.00000441. The first kappa shape index (κ1) is 21.2. The second kappa shape index (κ2) is 12.7. The molecule has 1 rings (SSSR count). The summed E-state index contributed by atoms with van der Waals surface area (Å²) in [6.07, 6.45) is 6.98. The lowest BCUT2D eigenvalue weighted by Crippen LogP contribution is -2.41. The maximum Gasteiger partial charge on any atom is 0.223 e. The number of amides is 2. The minimum absolute atomic E-state index is 0. The average Bonchev–Trinajstić information content (AvgIpc) is 2.47. The van der Waals surface area contributed by atoms with Gasteiger partial charge in [-0.05, 0) is 32.7 Å². The first-order valence-electron chi connectivity index (χ1n) is 8.41. The maximum absolute atomic E-state index is 12.1. The van der Waals surface area contributed by atoms with Crippen molar-refractivity contribution in [2.75, 3.05) is 19.6 Å². The molecule has 6 heteroatoms. The van der Waals surface area contributed by atoms with E-state index in [1.54, 1.807) is 0 Å². The zero-order valence-electron chi connectivity index (χ0n) is 14.0. The van der Waals surface area contributed by atoms with Crippen molar-refractivity contribution >= 4 is 24.2 Å². The van der Waals surface area contributed by atoms with Gasteiger partial charge in [-0.3, -0.25) is 9.59 Å². The maximum atomic E-state index is 12.1. The molecule has 1 atom stereocenters. The molecule has 0 aromatic heterocycles. The molecule has 0 aliphatic heterocycles. The molecule has 1 saturated carbocycles. The van der Waals surface area contributed by atoms with Crippen LogP contribution in [0.25, 0.3) is 0 Å². The Morgan fingerprint density at radius 1 is 1.09 bits per heavy atom. The van der Waals surface area contributed by atoms with Gasteiger partial charge in [0.1, 0.15) is 0 Å². The van der Waals surface area contributed by atoms with Crippen molar-refractivity contribution in [2.45, 2.75) is 64.8 Å². The molecule has 5 nitrogen and oxygen atoms in total. The molecule has 0 spiro atoms. The van der Waals surface area contributed by atoms with Gasteiger partial charge < -0.3 is 16.0 Å². The van der Waals surface area contributed by atoms with Gasteiger partial charge in [0.05, 0.1) is 0 Å². The highest BCUT2D eigenvalue weighted by Crippen LogP contribution is 2.23. The van der Waals surface area contributed by atoms with Gasteiger partial charge in [0.15, 0.2) is 0 Å². The van der Waals surface area contributed by atoms with E-state index in [0.29, 0.717) is 13.0 Å². The summed E-state index contributed by atoms with van der Waals surface area (Å²) in [5.74, 6) is 0.284. The number of hydrogen-bond donors (Lipinski definition) is 3. The van der Waals surface area contributed by atoms with E-state index in [1.165, 1.54) is 6.42 Å². The molecule has 22 heavy (non-hydrogen) atoms. The summed E-state index contributed by atoms with van der Waals surface area (Å²) < 4.78 is 0. The molecule has 0 radical (unpaired) electrons. The van der Waals surface area contributed by atoms with Crippen LogP contribution in [0.15, 0.2) is 0 Å². The first-order chi connectivity index (χ1) is 10.1. The van der Waals surface area contributed by atoms with Crippen LogP contribution in [0.5, 0.6) is 0 Å². The average molecular weight is 334 g/mol. The van der Waals surface area contributed by atoms with Crippen LogP contribution in [0.4, 0.5) is 0 Å². The fourth-order valence-corrected chi connectivity index (χ4v) is 2.72. The van der Waals surface area contributed by atoms with E-state index in [4.69, 9.17) is 0 Å². The van der Waals surface area contributed by atoms with E-state index in [9.17, 15) is 9.59 Å².